The highest BCUT2D eigenvalue weighted by molar-refractivity contribution is 5.99. The van der Waals surface area contributed by atoms with Crippen molar-refractivity contribution < 1.29 is 9.59 Å². The molecule has 2 aliphatic rings. The molecule has 2 aromatic rings. The molecule has 4 heteroatoms. The van der Waals surface area contributed by atoms with Gasteiger partial charge in [0.2, 0.25) is 5.91 Å². The molecule has 4 rings (SSSR count). The summed E-state index contributed by atoms with van der Waals surface area (Å²) in [4.78, 5) is 29.6. The number of aryl methyl sites for hydroxylation is 2. The standard InChI is InChI=1S/C30H40N2O2/c1-20-11-8-12-21(2)26(20)29(34)32-18-10-17-25(27(32)22-13-6-7-14-22)28(33)31-24-16-9-15-23(19-24)30(3,4)5/h8-9,11-12,15-16,19,22,25,27H,6-7,10,13-14,17-18H2,1-5H3,(H,31,33)/t25?,27-/m0/s1. The first-order chi connectivity index (χ1) is 16.2. The quantitative estimate of drug-likeness (QED) is 0.555. The topological polar surface area (TPSA) is 49.4 Å². The summed E-state index contributed by atoms with van der Waals surface area (Å²) in [5.74, 6) is 0.371. The molecule has 34 heavy (non-hydrogen) atoms. The van der Waals surface area contributed by atoms with Crippen LogP contribution < -0.4 is 5.32 Å². The second-order valence-electron chi connectivity index (χ2n) is 11.4. The van der Waals surface area contributed by atoms with Gasteiger partial charge in [-0.25, -0.2) is 0 Å². The number of amides is 2. The lowest BCUT2D eigenvalue weighted by molar-refractivity contribution is -0.124. The average molecular weight is 461 g/mol. The zero-order valence-corrected chi connectivity index (χ0v) is 21.5. The monoisotopic (exact) mass is 460 g/mol. The number of carbonyl (C=O) groups is 2. The van der Waals surface area contributed by atoms with Crippen molar-refractivity contribution in [2.75, 3.05) is 11.9 Å². The Morgan fingerprint density at radius 1 is 0.912 bits per heavy atom. The first-order valence-corrected chi connectivity index (χ1v) is 13.0. The molecule has 1 saturated heterocycles. The number of piperidine rings is 1. The lowest BCUT2D eigenvalue weighted by atomic mass is 9.79. The number of hydrogen-bond acceptors (Lipinski definition) is 2. The second-order valence-corrected chi connectivity index (χ2v) is 11.4. The molecule has 1 unspecified atom stereocenters. The summed E-state index contributed by atoms with van der Waals surface area (Å²) in [5, 5.41) is 3.22. The molecule has 2 amide bonds. The summed E-state index contributed by atoms with van der Waals surface area (Å²) in [6.07, 6.45) is 6.28. The minimum atomic E-state index is -0.177. The van der Waals surface area contributed by atoms with Crippen LogP contribution in [0.4, 0.5) is 5.69 Å². The van der Waals surface area contributed by atoms with E-state index in [1.165, 1.54) is 18.4 Å². The number of benzene rings is 2. The summed E-state index contributed by atoms with van der Waals surface area (Å²) in [5.41, 5.74) is 4.91. The minimum absolute atomic E-state index is 0.0204. The Labute approximate surface area is 205 Å². The van der Waals surface area contributed by atoms with Gasteiger partial charge >= 0.3 is 0 Å². The van der Waals surface area contributed by atoms with E-state index in [0.29, 0.717) is 5.92 Å². The molecule has 1 aliphatic heterocycles. The van der Waals surface area contributed by atoms with E-state index < -0.39 is 0 Å². The van der Waals surface area contributed by atoms with Crippen molar-refractivity contribution in [3.63, 3.8) is 0 Å². The van der Waals surface area contributed by atoms with Crippen LogP contribution in [0.5, 0.6) is 0 Å². The van der Waals surface area contributed by atoms with Gasteiger partial charge in [0.15, 0.2) is 0 Å². The Balaban J connectivity index is 1.63. The maximum Gasteiger partial charge on any atom is 0.254 e. The van der Waals surface area contributed by atoms with E-state index in [2.05, 4.69) is 43.1 Å². The molecule has 1 aliphatic carbocycles. The third kappa shape index (κ3) is 5.06. The van der Waals surface area contributed by atoms with Crippen LogP contribution in [0, 0.1) is 25.7 Å². The van der Waals surface area contributed by atoms with Gasteiger partial charge in [-0.1, -0.05) is 63.9 Å². The molecule has 0 spiro atoms. The maximum atomic E-state index is 13.9. The van der Waals surface area contributed by atoms with E-state index in [-0.39, 0.29) is 29.2 Å². The fourth-order valence-corrected chi connectivity index (χ4v) is 6.02. The van der Waals surface area contributed by atoms with Gasteiger partial charge in [0.25, 0.3) is 5.91 Å². The van der Waals surface area contributed by atoms with Crippen LogP contribution in [0.3, 0.4) is 0 Å². The maximum absolute atomic E-state index is 13.9. The van der Waals surface area contributed by atoms with E-state index in [0.717, 1.165) is 54.6 Å². The molecular formula is C30H40N2O2. The van der Waals surface area contributed by atoms with E-state index in [4.69, 9.17) is 0 Å². The normalized spacial score (nSPS) is 21.5. The van der Waals surface area contributed by atoms with Gasteiger partial charge < -0.3 is 10.2 Å². The fraction of sp³-hybridized carbons (Fsp3) is 0.533. The van der Waals surface area contributed by atoms with Crippen molar-refractivity contribution in [1.82, 2.24) is 4.90 Å². The van der Waals surface area contributed by atoms with Crippen molar-refractivity contribution in [3.8, 4) is 0 Å². The summed E-state index contributed by atoms with van der Waals surface area (Å²) >= 11 is 0. The third-order valence-corrected chi connectivity index (χ3v) is 7.86. The van der Waals surface area contributed by atoms with E-state index >= 15 is 0 Å². The molecule has 182 valence electrons. The first-order valence-electron chi connectivity index (χ1n) is 13.0. The van der Waals surface area contributed by atoms with Crippen molar-refractivity contribution >= 4 is 17.5 Å². The van der Waals surface area contributed by atoms with Crippen molar-refractivity contribution in [2.24, 2.45) is 11.8 Å². The average Bonchev–Trinajstić information content (AvgIpc) is 3.32. The molecule has 2 aromatic carbocycles. The zero-order chi connectivity index (χ0) is 24.5. The number of rotatable bonds is 4. The Kier molecular flexibility index (Phi) is 7.16. The molecule has 1 heterocycles. The number of anilines is 1. The molecule has 0 aromatic heterocycles. The van der Waals surface area contributed by atoms with Crippen LogP contribution in [-0.4, -0.2) is 29.3 Å². The summed E-state index contributed by atoms with van der Waals surface area (Å²) in [6.45, 7) is 11.3. The molecule has 4 nitrogen and oxygen atoms in total. The Bertz CT molecular complexity index is 1030. The Morgan fingerprint density at radius 2 is 1.56 bits per heavy atom. The predicted octanol–water partition coefficient (Wildman–Crippen LogP) is 6.65. The van der Waals surface area contributed by atoms with Crippen molar-refractivity contribution in [2.45, 2.75) is 84.6 Å². The first kappa shape index (κ1) is 24.5. The Morgan fingerprint density at radius 3 is 2.21 bits per heavy atom. The smallest absolute Gasteiger partial charge is 0.254 e. The zero-order valence-electron chi connectivity index (χ0n) is 21.5. The highest BCUT2D eigenvalue weighted by atomic mass is 16.2. The van der Waals surface area contributed by atoms with Gasteiger partial charge in [-0.3, -0.25) is 9.59 Å². The lowest BCUT2D eigenvalue weighted by Crippen LogP contribution is -2.55. The van der Waals surface area contributed by atoms with Crippen molar-refractivity contribution in [1.29, 1.82) is 0 Å². The van der Waals surface area contributed by atoms with Crippen molar-refractivity contribution in [3.05, 3.63) is 64.7 Å². The van der Waals surface area contributed by atoms with E-state index in [1.807, 2.05) is 44.2 Å². The van der Waals surface area contributed by atoms with Crippen LogP contribution in [0.25, 0.3) is 0 Å². The van der Waals surface area contributed by atoms with Crippen LogP contribution >= 0.6 is 0 Å². The van der Waals surface area contributed by atoms with Gasteiger partial charge in [-0.2, -0.15) is 0 Å². The molecule has 0 radical (unpaired) electrons. The van der Waals surface area contributed by atoms with Gasteiger partial charge in [-0.15, -0.1) is 0 Å². The van der Waals surface area contributed by atoms with Crippen LogP contribution in [0.15, 0.2) is 42.5 Å². The minimum Gasteiger partial charge on any atom is -0.335 e. The van der Waals surface area contributed by atoms with Crippen LogP contribution in [-0.2, 0) is 10.2 Å². The van der Waals surface area contributed by atoms with Gasteiger partial charge in [0.05, 0.1) is 5.92 Å². The number of carbonyl (C=O) groups excluding carboxylic acids is 2. The lowest BCUT2D eigenvalue weighted by Gasteiger charge is -2.44. The van der Waals surface area contributed by atoms with Gasteiger partial charge in [-0.05, 0) is 79.7 Å². The number of nitrogens with zero attached hydrogens (tertiary/aromatic N) is 1. The van der Waals surface area contributed by atoms with Gasteiger partial charge in [0.1, 0.15) is 0 Å². The summed E-state index contributed by atoms with van der Waals surface area (Å²) < 4.78 is 0. The summed E-state index contributed by atoms with van der Waals surface area (Å²) in [7, 11) is 0. The van der Waals surface area contributed by atoms with E-state index in [9.17, 15) is 9.59 Å². The Hall–Kier alpha value is -2.62. The third-order valence-electron chi connectivity index (χ3n) is 7.86. The number of hydrogen-bond donors (Lipinski definition) is 1. The SMILES string of the molecule is Cc1cccc(C)c1C(=O)N1CCCC(C(=O)Nc2cccc(C(C)(C)C)c2)[C@@H]1C1CCCC1. The molecule has 0 bridgehead atoms. The molecule has 2 fully saturated rings. The molecule has 1 N–H and O–H groups in total. The fourth-order valence-electron chi connectivity index (χ4n) is 6.02. The van der Waals surface area contributed by atoms with Gasteiger partial charge in [0, 0.05) is 23.8 Å². The second kappa shape index (κ2) is 9.93. The molecule has 2 atom stereocenters. The highest BCUT2D eigenvalue weighted by Crippen LogP contribution is 2.39. The summed E-state index contributed by atoms with van der Waals surface area (Å²) in [6, 6.07) is 14.2. The van der Waals surface area contributed by atoms with Crippen LogP contribution in [0.2, 0.25) is 0 Å². The molecular weight excluding hydrogens is 420 g/mol. The highest BCUT2D eigenvalue weighted by Gasteiger charge is 2.44. The van der Waals surface area contributed by atoms with E-state index in [1.54, 1.807) is 0 Å². The number of nitrogens with one attached hydrogen (secondary N) is 1. The largest absolute Gasteiger partial charge is 0.335 e. The number of likely N-dealkylation sites (tertiary alicyclic amines) is 1. The molecule has 1 saturated carbocycles. The predicted molar refractivity (Wildman–Crippen MR) is 139 cm³/mol. The van der Waals surface area contributed by atoms with Crippen LogP contribution in [0.1, 0.15) is 86.3 Å².